The Morgan fingerprint density at radius 1 is 0.943 bits per heavy atom. The second-order valence-corrected chi connectivity index (χ2v) is 8.04. The number of rotatable bonds is 4. The zero-order chi connectivity index (χ0) is 24.9. The minimum Gasteiger partial charge on any atom is -0.508 e. The van der Waals surface area contributed by atoms with Crippen molar-refractivity contribution in [2.75, 3.05) is 14.2 Å². The van der Waals surface area contributed by atoms with Crippen molar-refractivity contribution in [2.45, 2.75) is 12.3 Å². The number of methoxy groups -OCH3 is 2. The van der Waals surface area contributed by atoms with E-state index in [0.717, 1.165) is 0 Å². The molecule has 0 fully saturated rings. The molecule has 3 N–H and O–H groups in total. The highest BCUT2D eigenvalue weighted by Crippen LogP contribution is 2.48. The maximum atomic E-state index is 13.4. The Kier molecular flexibility index (Phi) is 5.24. The third kappa shape index (κ3) is 3.57. The van der Waals surface area contributed by atoms with E-state index >= 15 is 0 Å². The molecule has 9 heteroatoms. The van der Waals surface area contributed by atoms with Crippen molar-refractivity contribution in [1.82, 2.24) is 0 Å². The number of ether oxygens (including phenoxy) is 3. The van der Waals surface area contributed by atoms with Gasteiger partial charge in [-0.1, -0.05) is 12.1 Å². The summed E-state index contributed by atoms with van der Waals surface area (Å²) in [4.78, 5) is 25.8. The first kappa shape index (κ1) is 22.1. The SMILES string of the molecule is COc1cc([C@H]2CC(=O)Oc3cc(O)c4c(=O)c(-c5ccc(O)cc5)coc4c32)cc(OC)c1O. The largest absolute Gasteiger partial charge is 0.508 e. The molecule has 1 aromatic heterocycles. The standard InChI is InChI=1S/C26H20O9/c1-32-19-7-13(8-20(33-2)25(19)31)15-9-21(29)35-18-10-17(28)23-24(30)16(11-34-26(23)22(15)18)12-3-5-14(27)6-4-12/h3-8,10-11,15,27-28,31H,9H2,1-2H3/t15-/m1/s1. The number of fused-ring (bicyclic) bond motifs is 3. The van der Waals surface area contributed by atoms with Crippen LogP contribution in [0.2, 0.25) is 0 Å². The molecule has 0 spiro atoms. The number of hydrogen-bond donors (Lipinski definition) is 3. The van der Waals surface area contributed by atoms with Crippen molar-refractivity contribution < 1.29 is 38.7 Å². The molecule has 0 unspecified atom stereocenters. The second kappa shape index (κ2) is 8.28. The van der Waals surface area contributed by atoms with Crippen LogP contribution < -0.4 is 19.6 Å². The fourth-order valence-electron chi connectivity index (χ4n) is 4.37. The second-order valence-electron chi connectivity index (χ2n) is 8.04. The van der Waals surface area contributed by atoms with Crippen molar-refractivity contribution in [3.05, 3.63) is 70.1 Å². The number of carbonyl (C=O) groups excluding carboxylic acids is 1. The van der Waals surface area contributed by atoms with Crippen molar-refractivity contribution in [3.8, 4) is 45.6 Å². The Morgan fingerprint density at radius 3 is 2.23 bits per heavy atom. The summed E-state index contributed by atoms with van der Waals surface area (Å²) in [5.41, 5.74) is 1.19. The van der Waals surface area contributed by atoms with E-state index in [1.165, 1.54) is 38.7 Å². The molecule has 1 atom stereocenters. The molecule has 9 nitrogen and oxygen atoms in total. The van der Waals surface area contributed by atoms with Crippen molar-refractivity contribution >= 4 is 16.9 Å². The molecule has 0 saturated carbocycles. The maximum absolute atomic E-state index is 13.4. The fourth-order valence-corrected chi connectivity index (χ4v) is 4.37. The summed E-state index contributed by atoms with van der Waals surface area (Å²) in [6.07, 6.45) is 1.18. The highest BCUT2D eigenvalue weighted by atomic mass is 16.5. The van der Waals surface area contributed by atoms with Crippen LogP contribution in [0.5, 0.6) is 34.5 Å². The van der Waals surface area contributed by atoms with Gasteiger partial charge in [0.05, 0.1) is 26.2 Å². The van der Waals surface area contributed by atoms with Gasteiger partial charge in [-0.15, -0.1) is 0 Å². The van der Waals surface area contributed by atoms with Gasteiger partial charge in [-0.05, 0) is 35.4 Å². The van der Waals surface area contributed by atoms with E-state index in [1.54, 1.807) is 24.3 Å². The Bertz CT molecular complexity index is 1510. The molecule has 178 valence electrons. The lowest BCUT2D eigenvalue weighted by Gasteiger charge is -2.26. The molecule has 2 heterocycles. The van der Waals surface area contributed by atoms with Gasteiger partial charge in [0, 0.05) is 17.5 Å². The first-order valence-electron chi connectivity index (χ1n) is 10.6. The normalized spacial score (nSPS) is 14.9. The molecule has 0 aliphatic carbocycles. The molecule has 4 aromatic rings. The Labute approximate surface area is 198 Å². The summed E-state index contributed by atoms with van der Waals surface area (Å²) in [6, 6.07) is 10.3. The highest BCUT2D eigenvalue weighted by molar-refractivity contribution is 5.94. The number of phenols is 3. The van der Waals surface area contributed by atoms with Crippen LogP contribution >= 0.6 is 0 Å². The van der Waals surface area contributed by atoms with Crippen LogP contribution in [0.3, 0.4) is 0 Å². The van der Waals surface area contributed by atoms with Gasteiger partial charge in [0.15, 0.2) is 11.5 Å². The number of hydrogen-bond acceptors (Lipinski definition) is 9. The van der Waals surface area contributed by atoms with Crippen molar-refractivity contribution in [1.29, 1.82) is 0 Å². The van der Waals surface area contributed by atoms with Crippen LogP contribution in [-0.4, -0.2) is 35.5 Å². The van der Waals surface area contributed by atoms with E-state index in [9.17, 15) is 24.9 Å². The van der Waals surface area contributed by atoms with E-state index in [0.29, 0.717) is 16.7 Å². The molecule has 0 amide bonds. The predicted octanol–water partition coefficient (Wildman–Crippen LogP) is 4.04. The smallest absolute Gasteiger partial charge is 0.312 e. The van der Waals surface area contributed by atoms with Gasteiger partial charge in [-0.3, -0.25) is 9.59 Å². The maximum Gasteiger partial charge on any atom is 0.312 e. The molecular weight excluding hydrogens is 456 g/mol. The summed E-state index contributed by atoms with van der Waals surface area (Å²) in [6.45, 7) is 0. The van der Waals surface area contributed by atoms with Gasteiger partial charge in [0.1, 0.15) is 34.5 Å². The van der Waals surface area contributed by atoms with E-state index in [-0.39, 0.29) is 51.7 Å². The molecule has 1 aliphatic rings. The Hall–Kier alpha value is -4.66. The van der Waals surface area contributed by atoms with Crippen LogP contribution in [0, 0.1) is 0 Å². The highest BCUT2D eigenvalue weighted by Gasteiger charge is 2.34. The molecule has 0 bridgehead atoms. The lowest BCUT2D eigenvalue weighted by atomic mass is 9.84. The molecule has 3 aromatic carbocycles. The molecule has 0 saturated heterocycles. The van der Waals surface area contributed by atoms with E-state index in [2.05, 4.69) is 0 Å². The van der Waals surface area contributed by atoms with Crippen LogP contribution in [0.1, 0.15) is 23.5 Å². The van der Waals surface area contributed by atoms with E-state index < -0.39 is 23.1 Å². The molecule has 0 radical (unpaired) electrons. The van der Waals surface area contributed by atoms with Gasteiger partial charge in [-0.25, -0.2) is 0 Å². The van der Waals surface area contributed by atoms with Crippen LogP contribution in [0.4, 0.5) is 0 Å². The third-order valence-corrected chi connectivity index (χ3v) is 6.05. The van der Waals surface area contributed by atoms with Crippen LogP contribution in [0.25, 0.3) is 22.1 Å². The summed E-state index contributed by atoms with van der Waals surface area (Å²) in [5, 5.41) is 30.5. The topological polar surface area (TPSA) is 136 Å². The van der Waals surface area contributed by atoms with E-state index in [4.69, 9.17) is 18.6 Å². The van der Waals surface area contributed by atoms with Gasteiger partial charge < -0.3 is 33.9 Å². The first-order chi connectivity index (χ1) is 16.8. The Morgan fingerprint density at radius 2 is 1.60 bits per heavy atom. The number of aromatic hydroxyl groups is 3. The first-order valence-corrected chi connectivity index (χ1v) is 10.6. The fraction of sp³-hybridized carbons (Fsp3) is 0.154. The van der Waals surface area contributed by atoms with Crippen LogP contribution in [-0.2, 0) is 4.79 Å². The monoisotopic (exact) mass is 476 g/mol. The summed E-state index contributed by atoms with van der Waals surface area (Å²) in [7, 11) is 2.78. The van der Waals surface area contributed by atoms with Gasteiger partial charge in [0.25, 0.3) is 0 Å². The van der Waals surface area contributed by atoms with Gasteiger partial charge in [0.2, 0.25) is 11.2 Å². The quantitative estimate of drug-likeness (QED) is 0.295. The summed E-state index contributed by atoms with van der Waals surface area (Å²) >= 11 is 0. The number of carbonyl (C=O) groups is 1. The molecule has 1 aliphatic heterocycles. The molecule has 35 heavy (non-hydrogen) atoms. The minimum atomic E-state index is -0.652. The van der Waals surface area contributed by atoms with E-state index in [1.807, 2.05) is 0 Å². The lowest BCUT2D eigenvalue weighted by molar-refractivity contribution is -0.135. The zero-order valence-corrected chi connectivity index (χ0v) is 18.7. The number of esters is 1. The summed E-state index contributed by atoms with van der Waals surface area (Å²) in [5.74, 6) is -1.42. The average molecular weight is 476 g/mol. The number of phenolic OH excluding ortho intramolecular Hbond substituents is 3. The number of benzene rings is 3. The predicted molar refractivity (Wildman–Crippen MR) is 125 cm³/mol. The van der Waals surface area contributed by atoms with Crippen LogP contribution in [0.15, 0.2) is 57.9 Å². The molecular formula is C26H20O9. The van der Waals surface area contributed by atoms with Gasteiger partial charge in [-0.2, -0.15) is 0 Å². The Balaban J connectivity index is 1.77. The summed E-state index contributed by atoms with van der Waals surface area (Å²) < 4.78 is 21.8. The average Bonchev–Trinajstić information content (AvgIpc) is 2.84. The van der Waals surface area contributed by atoms with Gasteiger partial charge >= 0.3 is 5.97 Å². The molecule has 5 rings (SSSR count). The lowest BCUT2D eigenvalue weighted by Crippen LogP contribution is -2.22. The minimum absolute atomic E-state index is 0.0419. The van der Waals surface area contributed by atoms with Crippen molar-refractivity contribution in [2.24, 2.45) is 0 Å². The third-order valence-electron chi connectivity index (χ3n) is 6.05. The van der Waals surface area contributed by atoms with Crippen molar-refractivity contribution in [3.63, 3.8) is 0 Å². The zero-order valence-electron chi connectivity index (χ0n) is 18.7.